The molecule has 7 heteroatoms. The number of fused-ring (bicyclic) bond motifs is 1. The third kappa shape index (κ3) is 3.62. The number of aromatic nitrogens is 2. The number of nitrogens with zero attached hydrogens (tertiary/aromatic N) is 2. The Balaban J connectivity index is 1.81. The first kappa shape index (κ1) is 16.2. The second kappa shape index (κ2) is 7.27. The van der Waals surface area contributed by atoms with Crippen LogP contribution in [-0.4, -0.2) is 29.5 Å². The predicted octanol–water partition coefficient (Wildman–Crippen LogP) is 3.67. The summed E-state index contributed by atoms with van der Waals surface area (Å²) in [6.07, 6.45) is 2.61. The molecule has 124 valence electrons. The van der Waals surface area contributed by atoms with E-state index in [0.717, 1.165) is 28.3 Å². The number of hydrogen-bond acceptors (Lipinski definition) is 6. The SMILES string of the molecule is CCCNc1nc2ccc(Oc3ccnc(C(=O)NC)c3)cc2s1. The van der Waals surface area contributed by atoms with Crippen molar-refractivity contribution in [1.29, 1.82) is 0 Å². The summed E-state index contributed by atoms with van der Waals surface area (Å²) in [7, 11) is 1.57. The molecule has 0 bridgehead atoms. The van der Waals surface area contributed by atoms with Gasteiger partial charge in [-0.3, -0.25) is 9.78 Å². The molecule has 2 aromatic heterocycles. The lowest BCUT2D eigenvalue weighted by molar-refractivity contribution is 0.0958. The molecule has 3 rings (SSSR count). The van der Waals surface area contributed by atoms with E-state index in [9.17, 15) is 4.79 Å². The fourth-order valence-electron chi connectivity index (χ4n) is 2.14. The minimum Gasteiger partial charge on any atom is -0.457 e. The van der Waals surface area contributed by atoms with Crippen LogP contribution in [0.5, 0.6) is 11.5 Å². The Labute approximate surface area is 143 Å². The molecule has 0 aliphatic heterocycles. The maximum atomic E-state index is 11.6. The monoisotopic (exact) mass is 342 g/mol. The Morgan fingerprint density at radius 1 is 1.25 bits per heavy atom. The van der Waals surface area contributed by atoms with Crippen molar-refractivity contribution in [3.8, 4) is 11.5 Å². The Morgan fingerprint density at radius 3 is 2.88 bits per heavy atom. The van der Waals surface area contributed by atoms with Gasteiger partial charge in [-0.25, -0.2) is 4.98 Å². The van der Waals surface area contributed by atoms with Gasteiger partial charge in [0.15, 0.2) is 5.13 Å². The van der Waals surface area contributed by atoms with Gasteiger partial charge in [0.05, 0.1) is 10.2 Å². The Bertz CT molecular complexity index is 863. The quantitative estimate of drug-likeness (QED) is 0.715. The maximum absolute atomic E-state index is 11.6. The number of carbonyl (C=O) groups is 1. The summed E-state index contributed by atoms with van der Waals surface area (Å²) in [6, 6.07) is 9.08. The van der Waals surface area contributed by atoms with Crippen molar-refractivity contribution >= 4 is 32.6 Å². The fourth-order valence-corrected chi connectivity index (χ4v) is 3.06. The molecule has 2 heterocycles. The molecule has 0 atom stereocenters. The summed E-state index contributed by atoms with van der Waals surface area (Å²) >= 11 is 1.59. The molecule has 0 radical (unpaired) electrons. The third-order valence-electron chi connectivity index (χ3n) is 3.31. The van der Waals surface area contributed by atoms with Crippen LogP contribution < -0.4 is 15.4 Å². The highest BCUT2D eigenvalue weighted by Gasteiger charge is 2.08. The van der Waals surface area contributed by atoms with Crippen molar-refractivity contribution in [3.05, 3.63) is 42.2 Å². The van der Waals surface area contributed by atoms with Gasteiger partial charge in [0.1, 0.15) is 17.2 Å². The summed E-state index contributed by atoms with van der Waals surface area (Å²) in [5, 5.41) is 6.75. The van der Waals surface area contributed by atoms with E-state index in [1.807, 2.05) is 18.2 Å². The van der Waals surface area contributed by atoms with E-state index >= 15 is 0 Å². The maximum Gasteiger partial charge on any atom is 0.269 e. The topological polar surface area (TPSA) is 76.1 Å². The number of nitrogens with one attached hydrogen (secondary N) is 2. The molecule has 0 saturated carbocycles. The highest BCUT2D eigenvalue weighted by Crippen LogP contribution is 2.31. The van der Waals surface area contributed by atoms with E-state index < -0.39 is 0 Å². The summed E-state index contributed by atoms with van der Waals surface area (Å²) in [4.78, 5) is 20.2. The van der Waals surface area contributed by atoms with Crippen LogP contribution >= 0.6 is 11.3 Å². The lowest BCUT2D eigenvalue weighted by atomic mass is 10.3. The van der Waals surface area contributed by atoms with Gasteiger partial charge in [0.2, 0.25) is 0 Å². The zero-order valence-corrected chi connectivity index (χ0v) is 14.3. The van der Waals surface area contributed by atoms with Gasteiger partial charge in [-0.05, 0) is 24.6 Å². The molecular formula is C17H18N4O2S. The van der Waals surface area contributed by atoms with Crippen molar-refractivity contribution in [3.63, 3.8) is 0 Å². The molecule has 6 nitrogen and oxygen atoms in total. The Morgan fingerprint density at radius 2 is 2.08 bits per heavy atom. The minimum absolute atomic E-state index is 0.245. The van der Waals surface area contributed by atoms with Crippen LogP contribution in [0.4, 0.5) is 5.13 Å². The molecule has 0 spiro atoms. The summed E-state index contributed by atoms with van der Waals surface area (Å²) in [5.74, 6) is 1.02. The molecule has 0 unspecified atom stereocenters. The van der Waals surface area contributed by atoms with Crippen LogP contribution in [0.2, 0.25) is 0 Å². The normalized spacial score (nSPS) is 10.6. The smallest absolute Gasteiger partial charge is 0.269 e. The van der Waals surface area contributed by atoms with Crippen LogP contribution in [0, 0.1) is 0 Å². The largest absolute Gasteiger partial charge is 0.457 e. The Kier molecular flexibility index (Phi) is 4.90. The molecular weight excluding hydrogens is 324 g/mol. The van der Waals surface area contributed by atoms with E-state index in [-0.39, 0.29) is 5.91 Å². The van der Waals surface area contributed by atoms with Gasteiger partial charge < -0.3 is 15.4 Å². The summed E-state index contributed by atoms with van der Waals surface area (Å²) in [6.45, 7) is 3.02. The molecule has 0 aliphatic rings. The molecule has 1 aromatic carbocycles. The van der Waals surface area contributed by atoms with Gasteiger partial charge in [-0.15, -0.1) is 0 Å². The van der Waals surface area contributed by atoms with E-state index in [4.69, 9.17) is 4.74 Å². The summed E-state index contributed by atoms with van der Waals surface area (Å²) < 4.78 is 6.90. The van der Waals surface area contributed by atoms with E-state index in [1.54, 1.807) is 36.7 Å². The van der Waals surface area contributed by atoms with Crippen molar-refractivity contribution in [2.45, 2.75) is 13.3 Å². The van der Waals surface area contributed by atoms with Crippen molar-refractivity contribution < 1.29 is 9.53 Å². The summed E-state index contributed by atoms with van der Waals surface area (Å²) in [5.41, 5.74) is 1.26. The Hall–Kier alpha value is -2.67. The number of ether oxygens (including phenoxy) is 1. The first-order chi connectivity index (χ1) is 11.7. The first-order valence-corrected chi connectivity index (χ1v) is 8.51. The van der Waals surface area contributed by atoms with Crippen LogP contribution in [0.25, 0.3) is 10.2 Å². The lowest BCUT2D eigenvalue weighted by Crippen LogP contribution is -2.18. The van der Waals surface area contributed by atoms with Crippen LogP contribution in [0.15, 0.2) is 36.5 Å². The van der Waals surface area contributed by atoms with Crippen LogP contribution in [0.3, 0.4) is 0 Å². The molecule has 1 amide bonds. The number of amides is 1. The van der Waals surface area contributed by atoms with Crippen molar-refractivity contribution in [2.75, 3.05) is 18.9 Å². The molecule has 2 N–H and O–H groups in total. The number of pyridine rings is 1. The van der Waals surface area contributed by atoms with E-state index in [2.05, 4.69) is 27.5 Å². The van der Waals surface area contributed by atoms with E-state index in [0.29, 0.717) is 17.2 Å². The van der Waals surface area contributed by atoms with Crippen molar-refractivity contribution in [1.82, 2.24) is 15.3 Å². The van der Waals surface area contributed by atoms with Crippen LogP contribution in [0.1, 0.15) is 23.8 Å². The number of carbonyl (C=O) groups excluding carboxylic acids is 1. The number of thiazole rings is 1. The van der Waals surface area contributed by atoms with Gasteiger partial charge >= 0.3 is 0 Å². The first-order valence-electron chi connectivity index (χ1n) is 7.70. The molecule has 0 saturated heterocycles. The number of benzene rings is 1. The highest BCUT2D eigenvalue weighted by molar-refractivity contribution is 7.22. The standard InChI is InChI=1S/C17H18N4O2S/c1-3-7-20-17-21-13-5-4-11(10-15(13)24-17)23-12-6-8-19-14(9-12)16(22)18-2/h4-6,8-10H,3,7H2,1-2H3,(H,18,22)(H,20,21). The average molecular weight is 342 g/mol. The predicted molar refractivity (Wildman–Crippen MR) is 96.1 cm³/mol. The molecule has 0 fully saturated rings. The van der Waals surface area contributed by atoms with Gasteiger partial charge in [0.25, 0.3) is 5.91 Å². The number of anilines is 1. The number of rotatable bonds is 6. The second-order valence-electron chi connectivity index (χ2n) is 5.13. The molecule has 24 heavy (non-hydrogen) atoms. The minimum atomic E-state index is -0.245. The van der Waals surface area contributed by atoms with Crippen molar-refractivity contribution in [2.24, 2.45) is 0 Å². The second-order valence-corrected chi connectivity index (χ2v) is 6.16. The molecule has 3 aromatic rings. The lowest BCUT2D eigenvalue weighted by Gasteiger charge is -2.06. The average Bonchev–Trinajstić information content (AvgIpc) is 3.01. The third-order valence-corrected chi connectivity index (χ3v) is 4.29. The number of hydrogen-bond donors (Lipinski definition) is 2. The van der Waals surface area contributed by atoms with E-state index in [1.165, 1.54) is 0 Å². The van der Waals surface area contributed by atoms with Gasteiger partial charge in [-0.1, -0.05) is 18.3 Å². The van der Waals surface area contributed by atoms with Gasteiger partial charge in [0, 0.05) is 31.9 Å². The van der Waals surface area contributed by atoms with Crippen LogP contribution in [-0.2, 0) is 0 Å². The zero-order chi connectivity index (χ0) is 16.9. The highest BCUT2D eigenvalue weighted by atomic mass is 32.1. The molecule has 0 aliphatic carbocycles. The fraction of sp³-hybridized carbons (Fsp3) is 0.235. The van der Waals surface area contributed by atoms with Gasteiger partial charge in [-0.2, -0.15) is 0 Å². The zero-order valence-electron chi connectivity index (χ0n) is 13.5.